The molecule has 0 fully saturated rings. The maximum absolute atomic E-state index is 13.0. The molecule has 1 amide bonds. The number of halogens is 4. The van der Waals surface area contributed by atoms with E-state index in [1.54, 1.807) is 31.2 Å². The van der Waals surface area contributed by atoms with Crippen LogP contribution in [0.5, 0.6) is 11.5 Å². The Bertz CT molecular complexity index is 1340. The van der Waals surface area contributed by atoms with Crippen LogP contribution in [-0.4, -0.2) is 42.0 Å². The highest BCUT2D eigenvalue weighted by Crippen LogP contribution is 2.35. The van der Waals surface area contributed by atoms with Crippen molar-refractivity contribution in [3.05, 3.63) is 74.6 Å². The second-order valence-electron chi connectivity index (χ2n) is 7.06. The lowest BCUT2D eigenvalue weighted by atomic mass is 10.1. The third-order valence-corrected chi connectivity index (χ3v) is 5.07. The van der Waals surface area contributed by atoms with Crippen LogP contribution in [0.4, 0.5) is 18.9 Å². The highest BCUT2D eigenvalue weighted by atomic mass is 79.9. The summed E-state index contributed by atoms with van der Waals surface area (Å²) in [6, 6.07) is 10.1. The van der Waals surface area contributed by atoms with Crippen LogP contribution < -0.4 is 20.3 Å². The number of methoxy groups -OCH3 is 1. The second kappa shape index (κ2) is 11.2. The molecule has 0 saturated carbocycles. The van der Waals surface area contributed by atoms with Gasteiger partial charge in [-0.05, 0) is 43.3 Å². The molecule has 0 unspecified atom stereocenters. The van der Waals surface area contributed by atoms with Crippen LogP contribution in [-0.2, 0) is 15.7 Å². The summed E-state index contributed by atoms with van der Waals surface area (Å²) in [5.41, 5.74) is -1.93. The average molecular weight is 570 g/mol. The third-order valence-electron chi connectivity index (χ3n) is 4.58. The van der Waals surface area contributed by atoms with Crippen molar-refractivity contribution in [2.75, 3.05) is 25.6 Å². The number of aromatic nitrogens is 2. The zero-order valence-electron chi connectivity index (χ0n) is 18.9. The van der Waals surface area contributed by atoms with Crippen LogP contribution in [0.2, 0.25) is 0 Å². The number of ether oxygens (including phenoxy) is 3. The lowest BCUT2D eigenvalue weighted by Gasteiger charge is -2.15. The number of benzene rings is 2. The molecule has 0 aliphatic heterocycles. The number of amides is 1. The molecule has 2 aromatic carbocycles. The van der Waals surface area contributed by atoms with E-state index in [0.717, 1.165) is 22.9 Å². The molecular weight excluding hydrogens is 551 g/mol. The number of alkyl halides is 3. The third kappa shape index (κ3) is 6.42. The molecule has 1 heterocycles. The van der Waals surface area contributed by atoms with Crippen LogP contribution in [0.15, 0.2) is 57.8 Å². The van der Waals surface area contributed by atoms with E-state index in [2.05, 4.69) is 26.3 Å². The smallest absolute Gasteiger partial charge is 0.416 e. The van der Waals surface area contributed by atoms with Gasteiger partial charge in [0.05, 0.1) is 36.7 Å². The van der Waals surface area contributed by atoms with E-state index in [1.165, 1.54) is 7.11 Å². The van der Waals surface area contributed by atoms with Gasteiger partial charge >= 0.3 is 12.1 Å². The molecule has 0 spiro atoms. The number of carbonyl (C=O) groups is 2. The molecule has 3 rings (SSSR count). The Labute approximate surface area is 210 Å². The maximum Gasteiger partial charge on any atom is 0.416 e. The average Bonchev–Trinajstić information content (AvgIpc) is 2.82. The Morgan fingerprint density at radius 3 is 2.50 bits per heavy atom. The summed E-state index contributed by atoms with van der Waals surface area (Å²) in [7, 11) is 1.23. The zero-order chi connectivity index (χ0) is 26.5. The van der Waals surface area contributed by atoms with Gasteiger partial charge in [-0.2, -0.15) is 23.0 Å². The zero-order valence-corrected chi connectivity index (χ0v) is 20.5. The molecule has 0 bridgehead atoms. The van der Waals surface area contributed by atoms with Gasteiger partial charge in [0, 0.05) is 4.47 Å². The van der Waals surface area contributed by atoms with Crippen LogP contribution in [0.1, 0.15) is 23.0 Å². The van der Waals surface area contributed by atoms with Gasteiger partial charge in [-0.15, -0.1) is 0 Å². The minimum absolute atomic E-state index is 0.00575. The second-order valence-corrected chi connectivity index (χ2v) is 7.97. The Morgan fingerprint density at radius 2 is 1.86 bits per heavy atom. The van der Waals surface area contributed by atoms with Gasteiger partial charge in [-0.3, -0.25) is 9.59 Å². The predicted molar refractivity (Wildman–Crippen MR) is 126 cm³/mol. The van der Waals surface area contributed by atoms with Crippen LogP contribution in [0.25, 0.3) is 5.69 Å². The van der Waals surface area contributed by atoms with Gasteiger partial charge in [0.1, 0.15) is 5.75 Å². The summed E-state index contributed by atoms with van der Waals surface area (Å²) in [5, 5.41) is 6.30. The maximum atomic E-state index is 13.0. The molecule has 0 saturated heterocycles. The Morgan fingerprint density at radius 1 is 1.11 bits per heavy atom. The summed E-state index contributed by atoms with van der Waals surface area (Å²) < 4.78 is 56.1. The molecule has 3 aromatic rings. The Kier molecular flexibility index (Phi) is 8.35. The van der Waals surface area contributed by atoms with E-state index >= 15 is 0 Å². The summed E-state index contributed by atoms with van der Waals surface area (Å²) in [6.45, 7) is 0.818. The first-order valence-corrected chi connectivity index (χ1v) is 11.1. The van der Waals surface area contributed by atoms with E-state index in [-0.39, 0.29) is 29.5 Å². The van der Waals surface area contributed by atoms with Crippen molar-refractivity contribution in [3.8, 4) is 17.2 Å². The molecular formula is C23H19BrF3N3O6. The number of anilines is 1. The van der Waals surface area contributed by atoms with Gasteiger partial charge in [0.25, 0.3) is 11.5 Å². The summed E-state index contributed by atoms with van der Waals surface area (Å²) in [4.78, 5) is 37.6. The number of nitrogens with one attached hydrogen (secondary N) is 1. The summed E-state index contributed by atoms with van der Waals surface area (Å²) in [5.74, 6) is -2.13. The molecule has 1 aromatic heterocycles. The lowest BCUT2D eigenvalue weighted by molar-refractivity contribution is -0.137. The molecule has 0 radical (unpaired) electrons. The first kappa shape index (κ1) is 26.7. The van der Waals surface area contributed by atoms with E-state index in [0.29, 0.717) is 16.2 Å². The van der Waals surface area contributed by atoms with E-state index < -0.39 is 35.8 Å². The van der Waals surface area contributed by atoms with Crippen molar-refractivity contribution in [2.24, 2.45) is 0 Å². The van der Waals surface area contributed by atoms with E-state index in [1.807, 2.05) is 0 Å². The lowest BCUT2D eigenvalue weighted by Crippen LogP contribution is -2.27. The first-order valence-electron chi connectivity index (χ1n) is 10.3. The normalized spacial score (nSPS) is 11.1. The predicted octanol–water partition coefficient (Wildman–Crippen LogP) is 4.22. The Balaban J connectivity index is 1.87. The molecule has 36 heavy (non-hydrogen) atoms. The fourth-order valence-electron chi connectivity index (χ4n) is 3.00. The van der Waals surface area contributed by atoms with Gasteiger partial charge < -0.3 is 19.5 Å². The molecule has 190 valence electrons. The number of esters is 1. The SMILES string of the molecule is CCOC(=O)c1nn(-c2cccc(Br)c2)c(=O)cc1OCC(=O)Nc1cc(C(F)(F)F)ccc1OC. The van der Waals surface area contributed by atoms with Gasteiger partial charge in [0.2, 0.25) is 5.69 Å². The molecule has 13 heteroatoms. The van der Waals surface area contributed by atoms with Crippen LogP contribution >= 0.6 is 15.9 Å². The number of hydrogen-bond donors (Lipinski definition) is 1. The number of hydrogen-bond acceptors (Lipinski definition) is 7. The summed E-state index contributed by atoms with van der Waals surface area (Å²) in [6.07, 6.45) is -4.64. The quantitative estimate of drug-likeness (QED) is 0.404. The number of rotatable bonds is 8. The van der Waals surface area contributed by atoms with Crippen molar-refractivity contribution in [2.45, 2.75) is 13.1 Å². The van der Waals surface area contributed by atoms with Crippen molar-refractivity contribution in [1.29, 1.82) is 0 Å². The molecule has 9 nitrogen and oxygen atoms in total. The van der Waals surface area contributed by atoms with E-state index in [4.69, 9.17) is 14.2 Å². The summed E-state index contributed by atoms with van der Waals surface area (Å²) >= 11 is 3.29. The monoisotopic (exact) mass is 569 g/mol. The standard InChI is InChI=1S/C23H19BrF3N3O6/c1-3-35-22(33)21-18(11-20(32)30(29-21)15-6-4-5-14(24)10-15)36-12-19(31)28-16-9-13(23(25,26)27)7-8-17(16)34-2/h4-11H,3,12H2,1-2H3,(H,28,31). The van der Waals surface area contributed by atoms with Gasteiger partial charge in [-0.1, -0.05) is 22.0 Å². The fourth-order valence-corrected chi connectivity index (χ4v) is 3.38. The fraction of sp³-hybridized carbons (Fsp3) is 0.217. The minimum atomic E-state index is -4.64. The molecule has 0 atom stereocenters. The van der Waals surface area contributed by atoms with Crippen LogP contribution in [0, 0.1) is 0 Å². The molecule has 0 aliphatic rings. The van der Waals surface area contributed by atoms with E-state index in [9.17, 15) is 27.6 Å². The number of carbonyl (C=O) groups excluding carboxylic acids is 2. The number of nitrogens with zero attached hydrogens (tertiary/aromatic N) is 2. The highest BCUT2D eigenvalue weighted by Gasteiger charge is 2.31. The van der Waals surface area contributed by atoms with Gasteiger partial charge in [0.15, 0.2) is 12.4 Å². The minimum Gasteiger partial charge on any atom is -0.495 e. The van der Waals surface area contributed by atoms with Gasteiger partial charge in [-0.25, -0.2) is 4.79 Å². The highest BCUT2D eigenvalue weighted by molar-refractivity contribution is 9.10. The van der Waals surface area contributed by atoms with Crippen LogP contribution in [0.3, 0.4) is 0 Å². The van der Waals surface area contributed by atoms with Crippen molar-refractivity contribution in [3.63, 3.8) is 0 Å². The molecule has 1 N–H and O–H groups in total. The Hall–Kier alpha value is -3.87. The van der Waals surface area contributed by atoms with Crippen molar-refractivity contribution in [1.82, 2.24) is 9.78 Å². The van der Waals surface area contributed by atoms with Crippen molar-refractivity contribution < 1.29 is 37.0 Å². The van der Waals surface area contributed by atoms with Crippen molar-refractivity contribution >= 4 is 33.5 Å². The first-order chi connectivity index (χ1) is 17.0. The topological polar surface area (TPSA) is 109 Å². The molecule has 0 aliphatic carbocycles. The largest absolute Gasteiger partial charge is 0.495 e.